The minimum absolute atomic E-state index is 0.0940. The van der Waals surface area contributed by atoms with Crippen molar-refractivity contribution in [2.24, 2.45) is 4.99 Å². The number of benzene rings is 2. The molecule has 1 aliphatic heterocycles. The summed E-state index contributed by atoms with van der Waals surface area (Å²) < 4.78 is 16.2. The van der Waals surface area contributed by atoms with E-state index in [4.69, 9.17) is 14.2 Å². The molecule has 1 fully saturated rings. The van der Waals surface area contributed by atoms with E-state index in [-0.39, 0.29) is 12.5 Å². The summed E-state index contributed by atoms with van der Waals surface area (Å²) in [5.41, 5.74) is 1.56. The van der Waals surface area contributed by atoms with Gasteiger partial charge in [-0.25, -0.2) is 9.79 Å². The number of methoxy groups -OCH3 is 1. The summed E-state index contributed by atoms with van der Waals surface area (Å²) in [7, 11) is 1.61. The Balaban J connectivity index is 1.77. The molecule has 0 aromatic heterocycles. The third-order valence-corrected chi connectivity index (χ3v) is 6.03. The third-order valence-electron chi connectivity index (χ3n) is 4.41. The van der Waals surface area contributed by atoms with Gasteiger partial charge in [-0.3, -0.25) is 9.69 Å². The van der Waals surface area contributed by atoms with E-state index in [0.717, 1.165) is 17.0 Å². The van der Waals surface area contributed by atoms with E-state index in [2.05, 4.69) is 20.9 Å². The standard InChI is InChI=1S/C23H23BrN2O5S/c1-4-26-22(28)20(32-23(26)25-16-7-9-17(29-3)10-8-16)13-15-6-11-19(18(24)12-15)31-14-21(27)30-5-2/h6-13H,4-5,14H2,1-3H3/b20-13+,25-23?. The number of esters is 1. The highest BCUT2D eigenvalue weighted by Crippen LogP contribution is 2.35. The number of halogens is 1. The van der Waals surface area contributed by atoms with Crippen LogP contribution in [0.25, 0.3) is 6.08 Å². The number of carbonyl (C=O) groups excluding carboxylic acids is 2. The fraction of sp³-hybridized carbons (Fsp3) is 0.261. The second-order valence-corrected chi connectivity index (χ2v) is 8.40. The highest BCUT2D eigenvalue weighted by molar-refractivity contribution is 9.10. The average Bonchev–Trinajstić information content (AvgIpc) is 3.07. The van der Waals surface area contributed by atoms with Gasteiger partial charge in [0.1, 0.15) is 11.5 Å². The van der Waals surface area contributed by atoms with Crippen molar-refractivity contribution in [3.05, 3.63) is 57.4 Å². The molecule has 168 valence electrons. The number of hydrogen-bond donors (Lipinski definition) is 0. The fourth-order valence-electron chi connectivity index (χ4n) is 2.85. The molecule has 0 aliphatic carbocycles. The number of likely N-dealkylation sites (N-methyl/N-ethyl adjacent to an activating group) is 1. The zero-order valence-corrected chi connectivity index (χ0v) is 20.4. The Kier molecular flexibility index (Phi) is 8.35. The van der Waals surface area contributed by atoms with Gasteiger partial charge in [-0.05, 0) is 89.6 Å². The summed E-state index contributed by atoms with van der Waals surface area (Å²) >= 11 is 4.78. The first kappa shape index (κ1) is 23.9. The molecule has 9 heteroatoms. The Morgan fingerprint density at radius 1 is 1.19 bits per heavy atom. The van der Waals surface area contributed by atoms with Crippen LogP contribution in [0.15, 0.2) is 56.8 Å². The van der Waals surface area contributed by atoms with Crippen molar-refractivity contribution < 1.29 is 23.8 Å². The Morgan fingerprint density at radius 2 is 1.94 bits per heavy atom. The summed E-state index contributed by atoms with van der Waals surface area (Å²) in [4.78, 5) is 31.2. The number of hydrogen-bond acceptors (Lipinski definition) is 7. The molecular weight excluding hydrogens is 496 g/mol. The molecule has 0 saturated carbocycles. The fourth-order valence-corrected chi connectivity index (χ4v) is 4.43. The van der Waals surface area contributed by atoms with Crippen molar-refractivity contribution in [1.29, 1.82) is 0 Å². The number of amides is 1. The molecule has 7 nitrogen and oxygen atoms in total. The maximum Gasteiger partial charge on any atom is 0.344 e. The van der Waals surface area contributed by atoms with E-state index < -0.39 is 5.97 Å². The molecule has 32 heavy (non-hydrogen) atoms. The molecule has 1 amide bonds. The van der Waals surface area contributed by atoms with E-state index in [1.165, 1.54) is 11.8 Å². The van der Waals surface area contributed by atoms with Crippen LogP contribution in [-0.2, 0) is 14.3 Å². The van der Waals surface area contributed by atoms with Crippen molar-refractivity contribution in [2.45, 2.75) is 13.8 Å². The largest absolute Gasteiger partial charge is 0.497 e. The van der Waals surface area contributed by atoms with Crippen LogP contribution in [0.1, 0.15) is 19.4 Å². The molecule has 2 aromatic rings. The second kappa shape index (κ2) is 11.2. The van der Waals surface area contributed by atoms with Gasteiger partial charge in [0.05, 0.1) is 28.8 Å². The monoisotopic (exact) mass is 518 g/mol. The highest BCUT2D eigenvalue weighted by Gasteiger charge is 2.32. The van der Waals surface area contributed by atoms with Crippen molar-refractivity contribution in [2.75, 3.05) is 26.9 Å². The molecule has 0 unspecified atom stereocenters. The van der Waals surface area contributed by atoms with Gasteiger partial charge in [0.15, 0.2) is 11.8 Å². The molecule has 2 aromatic carbocycles. The van der Waals surface area contributed by atoms with Crippen LogP contribution in [0.2, 0.25) is 0 Å². The average molecular weight is 519 g/mol. The van der Waals surface area contributed by atoms with Gasteiger partial charge >= 0.3 is 5.97 Å². The van der Waals surface area contributed by atoms with Gasteiger partial charge in [0.2, 0.25) is 0 Å². The molecule has 0 spiro atoms. The molecule has 1 heterocycles. The number of aliphatic imine (C=N–C) groups is 1. The topological polar surface area (TPSA) is 77.4 Å². The van der Waals surface area contributed by atoms with E-state index in [1.807, 2.05) is 49.4 Å². The van der Waals surface area contributed by atoms with E-state index >= 15 is 0 Å². The number of carbonyl (C=O) groups is 2. The lowest BCUT2D eigenvalue weighted by atomic mass is 10.2. The van der Waals surface area contributed by atoms with Gasteiger partial charge in [-0.2, -0.15) is 0 Å². The van der Waals surface area contributed by atoms with Crippen LogP contribution in [0.5, 0.6) is 11.5 Å². The summed E-state index contributed by atoms with van der Waals surface area (Å²) in [6, 6.07) is 12.7. The van der Waals surface area contributed by atoms with Crippen LogP contribution in [0, 0.1) is 0 Å². The molecule has 0 radical (unpaired) electrons. The molecule has 1 saturated heterocycles. The minimum Gasteiger partial charge on any atom is -0.497 e. The number of thioether (sulfide) groups is 1. The van der Waals surface area contributed by atoms with Gasteiger partial charge in [-0.15, -0.1) is 0 Å². The van der Waals surface area contributed by atoms with Crippen molar-refractivity contribution in [3.63, 3.8) is 0 Å². The van der Waals surface area contributed by atoms with Crippen molar-refractivity contribution in [3.8, 4) is 11.5 Å². The quantitative estimate of drug-likeness (QED) is 0.360. The Hall–Kier alpha value is -2.78. The first-order chi connectivity index (χ1) is 15.4. The molecule has 0 bridgehead atoms. The summed E-state index contributed by atoms with van der Waals surface area (Å²) in [5.74, 6) is 0.741. The van der Waals surface area contributed by atoms with Crippen LogP contribution < -0.4 is 9.47 Å². The highest BCUT2D eigenvalue weighted by atomic mass is 79.9. The second-order valence-electron chi connectivity index (χ2n) is 6.54. The lowest BCUT2D eigenvalue weighted by molar-refractivity contribution is -0.145. The van der Waals surface area contributed by atoms with Crippen LogP contribution >= 0.6 is 27.7 Å². The van der Waals surface area contributed by atoms with E-state index in [1.54, 1.807) is 25.0 Å². The van der Waals surface area contributed by atoms with E-state index in [0.29, 0.717) is 33.4 Å². The molecule has 0 atom stereocenters. The first-order valence-corrected chi connectivity index (χ1v) is 11.6. The maximum absolute atomic E-state index is 12.9. The van der Waals surface area contributed by atoms with Gasteiger partial charge in [-0.1, -0.05) is 6.07 Å². The van der Waals surface area contributed by atoms with Crippen molar-refractivity contribution in [1.82, 2.24) is 4.90 Å². The Bertz CT molecular complexity index is 1050. The predicted molar refractivity (Wildman–Crippen MR) is 129 cm³/mol. The van der Waals surface area contributed by atoms with Crippen LogP contribution in [0.3, 0.4) is 0 Å². The normalized spacial score (nSPS) is 16.0. The first-order valence-electron chi connectivity index (χ1n) is 9.97. The van der Waals surface area contributed by atoms with Gasteiger partial charge in [0.25, 0.3) is 5.91 Å². The number of amidine groups is 1. The van der Waals surface area contributed by atoms with Crippen LogP contribution in [0.4, 0.5) is 5.69 Å². The van der Waals surface area contributed by atoms with E-state index in [9.17, 15) is 9.59 Å². The smallest absolute Gasteiger partial charge is 0.344 e. The maximum atomic E-state index is 12.9. The minimum atomic E-state index is -0.429. The molecule has 3 rings (SSSR count). The number of rotatable bonds is 8. The van der Waals surface area contributed by atoms with Gasteiger partial charge in [0, 0.05) is 6.54 Å². The van der Waals surface area contributed by atoms with Crippen molar-refractivity contribution >= 4 is 56.5 Å². The predicted octanol–water partition coefficient (Wildman–Crippen LogP) is 5.02. The summed E-state index contributed by atoms with van der Waals surface area (Å²) in [6.45, 7) is 4.31. The summed E-state index contributed by atoms with van der Waals surface area (Å²) in [5, 5.41) is 0.627. The zero-order chi connectivity index (χ0) is 23.1. The Labute approximate surface area is 199 Å². The lowest BCUT2D eigenvalue weighted by Crippen LogP contribution is -2.28. The number of ether oxygens (including phenoxy) is 3. The zero-order valence-electron chi connectivity index (χ0n) is 18.0. The Morgan fingerprint density at radius 3 is 2.56 bits per heavy atom. The third kappa shape index (κ3) is 5.92. The SMILES string of the molecule is CCOC(=O)COc1ccc(/C=C2/SC(=Nc3ccc(OC)cc3)N(CC)C2=O)cc1Br. The summed E-state index contributed by atoms with van der Waals surface area (Å²) in [6.07, 6.45) is 1.81. The van der Waals surface area contributed by atoms with Gasteiger partial charge < -0.3 is 14.2 Å². The lowest BCUT2D eigenvalue weighted by Gasteiger charge is -2.12. The number of nitrogens with zero attached hydrogens (tertiary/aromatic N) is 2. The molecule has 1 aliphatic rings. The molecular formula is C23H23BrN2O5S. The van der Waals surface area contributed by atoms with Crippen LogP contribution in [-0.4, -0.2) is 48.8 Å². The molecule has 0 N–H and O–H groups in total.